The predicted octanol–water partition coefficient (Wildman–Crippen LogP) is 3.66. The molecule has 0 bridgehead atoms. The highest BCUT2D eigenvalue weighted by Gasteiger charge is 2.39. The molecule has 0 radical (unpaired) electrons. The summed E-state index contributed by atoms with van der Waals surface area (Å²) < 4.78 is 0. The molecule has 1 aromatic carbocycles. The average molecular weight is 473 g/mol. The maximum absolute atomic E-state index is 10.5. The van der Waals surface area contributed by atoms with Gasteiger partial charge < -0.3 is 5.11 Å². The van der Waals surface area contributed by atoms with Crippen LogP contribution in [0, 0.1) is 17.4 Å². The van der Waals surface area contributed by atoms with Crippen molar-refractivity contribution >= 4 is 34.9 Å². The molecule has 168 valence electrons. The van der Waals surface area contributed by atoms with Crippen molar-refractivity contribution in [2.75, 3.05) is 19.6 Å². The number of nitrogens with zero attached hydrogens (tertiary/aromatic N) is 5. The lowest BCUT2D eigenvalue weighted by molar-refractivity contribution is 0.0247. The van der Waals surface area contributed by atoms with Crippen molar-refractivity contribution in [3.05, 3.63) is 57.6 Å². The minimum absolute atomic E-state index is 0.122. The zero-order chi connectivity index (χ0) is 22.7. The minimum Gasteiger partial charge on any atom is -0.378 e. The maximum Gasteiger partial charge on any atom is 0.228 e. The van der Waals surface area contributed by atoms with Gasteiger partial charge in [-0.2, -0.15) is 10.4 Å². The summed E-state index contributed by atoms with van der Waals surface area (Å²) in [6.07, 6.45) is 8.07. The van der Waals surface area contributed by atoms with Crippen molar-refractivity contribution in [1.82, 2.24) is 15.2 Å². The quantitative estimate of drug-likeness (QED) is 0.302. The zero-order valence-corrected chi connectivity index (χ0v) is 19.4. The lowest BCUT2D eigenvalue weighted by Crippen LogP contribution is -2.47. The Balaban J connectivity index is 1.61. The Morgan fingerprint density at radius 1 is 1.34 bits per heavy atom. The van der Waals surface area contributed by atoms with Gasteiger partial charge in [-0.1, -0.05) is 48.3 Å². The number of halogens is 2. The van der Waals surface area contributed by atoms with E-state index in [0.29, 0.717) is 30.0 Å². The van der Waals surface area contributed by atoms with E-state index in [1.54, 1.807) is 5.01 Å². The number of hydrogen-bond acceptors (Lipinski definition) is 5. The van der Waals surface area contributed by atoms with Crippen LogP contribution >= 0.6 is 23.2 Å². The largest absolute Gasteiger partial charge is 0.378 e. The summed E-state index contributed by atoms with van der Waals surface area (Å²) in [6, 6.07) is 7.39. The number of benzene rings is 1. The summed E-state index contributed by atoms with van der Waals surface area (Å²) in [4.78, 5) is 6.69. The fourth-order valence-corrected chi connectivity index (χ4v) is 4.58. The van der Waals surface area contributed by atoms with Crippen LogP contribution in [0.25, 0.3) is 0 Å². The molecule has 1 aliphatic carbocycles. The van der Waals surface area contributed by atoms with Gasteiger partial charge in [-0.25, -0.2) is 10.0 Å². The van der Waals surface area contributed by atoms with Crippen LogP contribution in [-0.2, 0) is 0 Å². The standard InChI is InChI=1S/C23H26Cl2N6O/c1-15-4-5-16(11-19(15)25)12-27-23(28-14-26)31-13-20(30-10-2-3-21(30)32)22(29-31)17-6-8-18(24)9-7-17/h5-9,11,15,20-21,32H,2-4,10,12-13H2,1H3,(H,27,28). The van der Waals surface area contributed by atoms with E-state index in [1.807, 2.05) is 36.5 Å². The molecule has 0 aromatic heterocycles. The molecule has 1 aromatic rings. The molecule has 3 unspecified atom stereocenters. The number of aliphatic hydroxyl groups excluding tert-OH is 1. The Bertz CT molecular complexity index is 1010. The second kappa shape index (κ2) is 10.1. The smallest absolute Gasteiger partial charge is 0.228 e. The summed E-state index contributed by atoms with van der Waals surface area (Å²) in [7, 11) is 0. The van der Waals surface area contributed by atoms with Gasteiger partial charge in [0.15, 0.2) is 6.19 Å². The van der Waals surface area contributed by atoms with Crippen LogP contribution in [0.4, 0.5) is 0 Å². The Hall–Kier alpha value is -2.37. The summed E-state index contributed by atoms with van der Waals surface area (Å²) >= 11 is 12.4. The first-order chi connectivity index (χ1) is 15.5. The molecule has 2 N–H and O–H groups in total. The first-order valence-corrected chi connectivity index (χ1v) is 11.5. The Kier molecular flexibility index (Phi) is 7.17. The second-order valence-corrected chi connectivity index (χ2v) is 9.15. The predicted molar refractivity (Wildman–Crippen MR) is 127 cm³/mol. The first kappa shape index (κ1) is 22.8. The van der Waals surface area contributed by atoms with Gasteiger partial charge in [-0.15, -0.1) is 0 Å². The van der Waals surface area contributed by atoms with Gasteiger partial charge in [0.1, 0.15) is 6.23 Å². The van der Waals surface area contributed by atoms with E-state index in [-0.39, 0.29) is 6.04 Å². The third-order valence-corrected chi connectivity index (χ3v) is 6.78. The number of hydrazone groups is 1. The maximum atomic E-state index is 10.5. The molecule has 1 fully saturated rings. The molecule has 9 heteroatoms. The number of likely N-dealkylation sites (tertiary alicyclic amines) is 1. The van der Waals surface area contributed by atoms with E-state index in [1.165, 1.54) is 0 Å². The number of nitriles is 1. The summed E-state index contributed by atoms with van der Waals surface area (Å²) in [6.45, 7) is 3.75. The van der Waals surface area contributed by atoms with Crippen molar-refractivity contribution in [2.24, 2.45) is 16.0 Å². The normalized spacial score (nSPS) is 26.5. The minimum atomic E-state index is -0.511. The van der Waals surface area contributed by atoms with Crippen molar-refractivity contribution in [3.63, 3.8) is 0 Å². The number of nitrogens with one attached hydrogen (secondary N) is 1. The molecule has 3 atom stereocenters. The van der Waals surface area contributed by atoms with Crippen molar-refractivity contribution in [2.45, 2.75) is 38.5 Å². The molecular formula is C23H26Cl2N6O. The highest BCUT2D eigenvalue weighted by molar-refractivity contribution is 6.30. The summed E-state index contributed by atoms with van der Waals surface area (Å²) in [5.41, 5.74) is 2.76. The van der Waals surface area contributed by atoms with Crippen LogP contribution in [0.3, 0.4) is 0 Å². The van der Waals surface area contributed by atoms with Crippen molar-refractivity contribution in [1.29, 1.82) is 5.26 Å². The van der Waals surface area contributed by atoms with Crippen LogP contribution in [0.15, 0.2) is 57.1 Å². The average Bonchev–Trinajstić information content (AvgIpc) is 3.40. The number of aliphatic imine (C=N–C) groups is 1. The zero-order valence-electron chi connectivity index (χ0n) is 17.9. The van der Waals surface area contributed by atoms with Gasteiger partial charge in [0.25, 0.3) is 0 Å². The van der Waals surface area contributed by atoms with Gasteiger partial charge in [0, 0.05) is 16.6 Å². The van der Waals surface area contributed by atoms with E-state index < -0.39 is 6.23 Å². The molecule has 0 amide bonds. The van der Waals surface area contributed by atoms with Gasteiger partial charge >= 0.3 is 0 Å². The summed E-state index contributed by atoms with van der Waals surface area (Å²) in [5.74, 6) is 0.693. The monoisotopic (exact) mass is 472 g/mol. The highest BCUT2D eigenvalue weighted by atomic mass is 35.5. The Morgan fingerprint density at radius 2 is 2.12 bits per heavy atom. The number of hydrogen-bond donors (Lipinski definition) is 2. The van der Waals surface area contributed by atoms with E-state index in [0.717, 1.165) is 47.7 Å². The van der Waals surface area contributed by atoms with E-state index in [2.05, 4.69) is 28.2 Å². The SMILES string of the molecule is CC1CC=C(CN=C(NC#N)N2CC(N3CCCC3O)C(c3ccc(Cl)cc3)=N2)C=C1Cl. The molecule has 2 aliphatic heterocycles. The van der Waals surface area contributed by atoms with E-state index >= 15 is 0 Å². The molecule has 7 nitrogen and oxygen atoms in total. The molecule has 4 rings (SSSR count). The third-order valence-electron chi connectivity index (χ3n) is 6.04. The fourth-order valence-electron chi connectivity index (χ4n) is 4.22. The van der Waals surface area contributed by atoms with Crippen LogP contribution < -0.4 is 5.32 Å². The lowest BCUT2D eigenvalue weighted by atomic mass is 9.98. The van der Waals surface area contributed by atoms with Gasteiger partial charge in [0.05, 0.1) is 24.8 Å². The summed E-state index contributed by atoms with van der Waals surface area (Å²) in [5, 5.41) is 30.5. The fraction of sp³-hybridized carbons (Fsp3) is 0.435. The molecule has 0 saturated carbocycles. The number of aliphatic hydroxyl groups is 1. The van der Waals surface area contributed by atoms with Crippen LogP contribution in [0.1, 0.15) is 31.7 Å². The molecule has 0 spiro atoms. The number of guanidine groups is 1. The third kappa shape index (κ3) is 5.00. The van der Waals surface area contributed by atoms with E-state index in [9.17, 15) is 10.4 Å². The van der Waals surface area contributed by atoms with E-state index in [4.69, 9.17) is 28.3 Å². The van der Waals surface area contributed by atoms with Gasteiger partial charge in [0.2, 0.25) is 5.96 Å². The molecular weight excluding hydrogens is 447 g/mol. The van der Waals surface area contributed by atoms with Crippen LogP contribution in [-0.4, -0.2) is 58.6 Å². The van der Waals surface area contributed by atoms with Crippen molar-refractivity contribution < 1.29 is 5.11 Å². The van der Waals surface area contributed by atoms with Gasteiger partial charge in [-0.05, 0) is 54.5 Å². The highest BCUT2D eigenvalue weighted by Crippen LogP contribution is 2.28. The lowest BCUT2D eigenvalue weighted by Gasteiger charge is -2.28. The van der Waals surface area contributed by atoms with Crippen LogP contribution in [0.5, 0.6) is 0 Å². The first-order valence-electron chi connectivity index (χ1n) is 10.8. The molecule has 2 heterocycles. The van der Waals surface area contributed by atoms with Gasteiger partial charge in [-0.3, -0.25) is 10.2 Å². The Morgan fingerprint density at radius 3 is 2.78 bits per heavy atom. The van der Waals surface area contributed by atoms with Crippen molar-refractivity contribution in [3.8, 4) is 6.19 Å². The van der Waals surface area contributed by atoms with Crippen LogP contribution in [0.2, 0.25) is 5.02 Å². The Labute approximate surface area is 198 Å². The molecule has 32 heavy (non-hydrogen) atoms. The second-order valence-electron chi connectivity index (χ2n) is 8.27. The molecule has 3 aliphatic rings. The number of rotatable bonds is 4. The topological polar surface area (TPSA) is 87.2 Å². The number of allylic oxidation sites excluding steroid dienone is 2. The molecule has 1 saturated heterocycles.